The van der Waals surface area contributed by atoms with Crippen molar-refractivity contribution in [3.63, 3.8) is 0 Å². The van der Waals surface area contributed by atoms with Crippen LogP contribution in [0.15, 0.2) is 48.7 Å². The molecule has 1 heterocycles. The molecule has 3 rings (SSSR count). The summed E-state index contributed by atoms with van der Waals surface area (Å²) in [6.45, 7) is 4.89. The van der Waals surface area contributed by atoms with Crippen molar-refractivity contribution in [2.75, 3.05) is 6.61 Å². The minimum Gasteiger partial charge on any atom is -0.476 e. The van der Waals surface area contributed by atoms with Crippen molar-refractivity contribution in [1.29, 1.82) is 0 Å². The monoisotopic (exact) mass is 399 g/mol. The Morgan fingerprint density at radius 2 is 1.82 bits per heavy atom. The lowest BCUT2D eigenvalue weighted by atomic mass is 10.1. The molecule has 0 unspecified atom stereocenters. The van der Waals surface area contributed by atoms with E-state index in [4.69, 9.17) is 21.1 Å². The van der Waals surface area contributed by atoms with Gasteiger partial charge in [-0.25, -0.2) is 4.79 Å². The quantitative estimate of drug-likeness (QED) is 0.450. The Hall–Kier alpha value is -2.79. The number of hydrogen-bond acceptors (Lipinski definition) is 4. The number of hydrogen-bond donors (Lipinski definition) is 1. The number of aromatic nitrogens is 1. The SMILES string of the molecule is CCc1cccc2c(C(=O)COC(=O)C(C)(C)Oc3ccc(Cl)cc3)c[nH]c12. The van der Waals surface area contributed by atoms with Crippen LogP contribution >= 0.6 is 11.6 Å². The van der Waals surface area contributed by atoms with Gasteiger partial charge in [0.15, 0.2) is 12.2 Å². The zero-order valence-electron chi connectivity index (χ0n) is 16.0. The van der Waals surface area contributed by atoms with E-state index in [1.165, 1.54) is 0 Å². The Bertz CT molecular complexity index is 1010. The Balaban J connectivity index is 1.67. The minimum atomic E-state index is -1.25. The van der Waals surface area contributed by atoms with E-state index in [0.29, 0.717) is 16.3 Å². The molecule has 0 atom stereocenters. The number of halogens is 1. The fourth-order valence-electron chi connectivity index (χ4n) is 2.96. The first-order valence-electron chi connectivity index (χ1n) is 9.06. The Morgan fingerprint density at radius 1 is 1.11 bits per heavy atom. The van der Waals surface area contributed by atoms with Gasteiger partial charge < -0.3 is 14.5 Å². The molecule has 0 bridgehead atoms. The van der Waals surface area contributed by atoms with Crippen molar-refractivity contribution in [3.05, 3.63) is 64.8 Å². The van der Waals surface area contributed by atoms with E-state index in [1.54, 1.807) is 44.3 Å². The highest BCUT2D eigenvalue weighted by molar-refractivity contribution is 6.30. The smallest absolute Gasteiger partial charge is 0.350 e. The third-order valence-electron chi connectivity index (χ3n) is 4.50. The summed E-state index contributed by atoms with van der Waals surface area (Å²) in [5.41, 5.74) is 1.33. The van der Waals surface area contributed by atoms with Crippen LogP contribution in [0.5, 0.6) is 5.75 Å². The molecule has 5 nitrogen and oxygen atoms in total. The number of fused-ring (bicyclic) bond motifs is 1. The summed E-state index contributed by atoms with van der Waals surface area (Å²) in [7, 11) is 0. The molecule has 0 aliphatic carbocycles. The Morgan fingerprint density at radius 3 is 2.50 bits per heavy atom. The van der Waals surface area contributed by atoms with Crippen LogP contribution in [-0.2, 0) is 16.0 Å². The van der Waals surface area contributed by atoms with Crippen LogP contribution in [0, 0.1) is 0 Å². The van der Waals surface area contributed by atoms with Crippen LogP contribution in [0.4, 0.5) is 0 Å². The van der Waals surface area contributed by atoms with Crippen molar-refractivity contribution in [2.45, 2.75) is 32.8 Å². The summed E-state index contributed by atoms with van der Waals surface area (Å²) < 4.78 is 10.9. The molecule has 0 saturated carbocycles. The normalized spacial score (nSPS) is 11.4. The molecule has 0 amide bonds. The topological polar surface area (TPSA) is 68.4 Å². The number of esters is 1. The van der Waals surface area contributed by atoms with Gasteiger partial charge in [-0.3, -0.25) is 4.79 Å². The van der Waals surface area contributed by atoms with E-state index < -0.39 is 11.6 Å². The van der Waals surface area contributed by atoms with Gasteiger partial charge in [-0.2, -0.15) is 0 Å². The maximum absolute atomic E-state index is 12.6. The second-order valence-corrected chi connectivity index (χ2v) is 7.40. The van der Waals surface area contributed by atoms with Crippen molar-refractivity contribution in [3.8, 4) is 5.75 Å². The fourth-order valence-corrected chi connectivity index (χ4v) is 3.09. The second-order valence-electron chi connectivity index (χ2n) is 6.96. The second kappa shape index (κ2) is 8.07. The number of carbonyl (C=O) groups excluding carboxylic acids is 2. The van der Waals surface area contributed by atoms with Crippen LogP contribution in [0.3, 0.4) is 0 Å². The number of para-hydroxylation sites is 1. The number of carbonyl (C=O) groups is 2. The summed E-state index contributed by atoms with van der Waals surface area (Å²) in [5.74, 6) is -0.401. The molecule has 0 fully saturated rings. The van der Waals surface area contributed by atoms with Gasteiger partial charge in [-0.1, -0.05) is 36.7 Å². The molecule has 2 aromatic carbocycles. The number of benzene rings is 2. The van der Waals surface area contributed by atoms with Gasteiger partial charge in [0.1, 0.15) is 5.75 Å². The highest BCUT2D eigenvalue weighted by Gasteiger charge is 2.32. The van der Waals surface area contributed by atoms with Crippen molar-refractivity contribution >= 4 is 34.3 Å². The van der Waals surface area contributed by atoms with Gasteiger partial charge in [0, 0.05) is 27.7 Å². The van der Waals surface area contributed by atoms with Gasteiger partial charge in [-0.15, -0.1) is 0 Å². The first kappa shape index (κ1) is 20.0. The van der Waals surface area contributed by atoms with Crippen LogP contribution in [0.1, 0.15) is 36.7 Å². The fraction of sp³-hybridized carbons (Fsp3) is 0.273. The maximum Gasteiger partial charge on any atom is 0.350 e. The predicted molar refractivity (Wildman–Crippen MR) is 109 cm³/mol. The van der Waals surface area contributed by atoms with Crippen LogP contribution in [0.25, 0.3) is 10.9 Å². The van der Waals surface area contributed by atoms with Crippen LogP contribution < -0.4 is 4.74 Å². The third kappa shape index (κ3) is 4.20. The Kier molecular flexibility index (Phi) is 5.75. The summed E-state index contributed by atoms with van der Waals surface area (Å²) >= 11 is 5.85. The molecule has 0 radical (unpaired) electrons. The molecule has 0 spiro atoms. The van der Waals surface area contributed by atoms with E-state index in [2.05, 4.69) is 11.9 Å². The molecule has 1 aromatic heterocycles. The molecule has 3 aromatic rings. The average Bonchev–Trinajstić information content (AvgIpc) is 3.11. The highest BCUT2D eigenvalue weighted by atomic mass is 35.5. The average molecular weight is 400 g/mol. The molecule has 0 saturated heterocycles. The summed E-state index contributed by atoms with van der Waals surface area (Å²) in [5, 5.41) is 1.40. The molecule has 0 aliphatic heterocycles. The molecular formula is C22H22ClNO4. The number of aromatic amines is 1. The van der Waals surface area contributed by atoms with Crippen LogP contribution in [-0.4, -0.2) is 28.9 Å². The highest BCUT2D eigenvalue weighted by Crippen LogP contribution is 2.24. The summed E-state index contributed by atoms with van der Waals surface area (Å²) in [6.07, 6.45) is 2.52. The standard InChI is InChI=1S/C22H22ClNO4/c1-4-14-6-5-7-17-18(12-24-20(14)17)19(25)13-27-21(26)22(2,3)28-16-10-8-15(23)9-11-16/h5-12,24H,4,13H2,1-3H3. The predicted octanol–water partition coefficient (Wildman–Crippen LogP) is 4.97. The number of ketones is 1. The van der Waals surface area contributed by atoms with Crippen molar-refractivity contribution in [2.24, 2.45) is 0 Å². The molecular weight excluding hydrogens is 378 g/mol. The van der Waals surface area contributed by atoms with Gasteiger partial charge in [0.2, 0.25) is 5.78 Å². The van der Waals surface area contributed by atoms with Gasteiger partial charge >= 0.3 is 5.97 Å². The van der Waals surface area contributed by atoms with E-state index in [-0.39, 0.29) is 12.4 Å². The molecule has 28 heavy (non-hydrogen) atoms. The summed E-state index contributed by atoms with van der Waals surface area (Å²) in [4.78, 5) is 28.2. The lowest BCUT2D eigenvalue weighted by molar-refractivity contribution is -0.158. The van der Waals surface area contributed by atoms with E-state index in [9.17, 15) is 9.59 Å². The third-order valence-corrected chi connectivity index (χ3v) is 4.75. The van der Waals surface area contributed by atoms with Gasteiger partial charge in [0.05, 0.1) is 0 Å². The zero-order valence-corrected chi connectivity index (χ0v) is 16.8. The molecule has 0 aliphatic rings. The lowest BCUT2D eigenvalue weighted by Crippen LogP contribution is -2.40. The molecule has 6 heteroatoms. The van der Waals surface area contributed by atoms with Crippen molar-refractivity contribution < 1.29 is 19.1 Å². The first-order chi connectivity index (χ1) is 13.3. The van der Waals surface area contributed by atoms with E-state index >= 15 is 0 Å². The number of rotatable bonds is 7. The lowest BCUT2D eigenvalue weighted by Gasteiger charge is -2.24. The number of aryl methyl sites for hydroxylation is 1. The number of H-pyrrole nitrogens is 1. The maximum atomic E-state index is 12.6. The van der Waals surface area contributed by atoms with Crippen molar-refractivity contribution in [1.82, 2.24) is 4.98 Å². The number of nitrogens with one attached hydrogen (secondary N) is 1. The Labute approximate surface area is 168 Å². The largest absolute Gasteiger partial charge is 0.476 e. The molecule has 146 valence electrons. The summed E-state index contributed by atoms with van der Waals surface area (Å²) in [6, 6.07) is 12.5. The number of ether oxygens (including phenoxy) is 2. The minimum absolute atomic E-state index is 0.268. The van der Waals surface area contributed by atoms with Crippen LogP contribution in [0.2, 0.25) is 5.02 Å². The number of Topliss-reactive ketones (excluding diaryl/α,β-unsaturated/α-hetero) is 1. The van der Waals surface area contributed by atoms with Gasteiger partial charge in [0.25, 0.3) is 0 Å². The molecule has 1 N–H and O–H groups in total. The van der Waals surface area contributed by atoms with E-state index in [1.807, 2.05) is 18.2 Å². The first-order valence-corrected chi connectivity index (χ1v) is 9.43. The van der Waals surface area contributed by atoms with Gasteiger partial charge in [-0.05, 0) is 50.1 Å². The zero-order chi connectivity index (χ0) is 20.3. The van der Waals surface area contributed by atoms with E-state index in [0.717, 1.165) is 22.9 Å².